The zero-order valence-corrected chi connectivity index (χ0v) is 8.86. The quantitative estimate of drug-likeness (QED) is 0.834. The lowest BCUT2D eigenvalue weighted by atomic mass is 10.1. The topological polar surface area (TPSA) is 48.1 Å². The minimum atomic E-state index is -0.239. The summed E-state index contributed by atoms with van der Waals surface area (Å²) in [5, 5.41) is 0.839. The van der Waals surface area contributed by atoms with Crippen LogP contribution in [-0.2, 0) is 0 Å². The molecule has 0 aromatic carbocycles. The molecule has 0 saturated carbocycles. The fourth-order valence-electron chi connectivity index (χ4n) is 1.02. The second kappa shape index (κ2) is 4.13. The Morgan fingerprint density at radius 1 is 1.54 bits per heavy atom. The van der Waals surface area contributed by atoms with Crippen molar-refractivity contribution < 1.29 is 4.74 Å². The van der Waals surface area contributed by atoms with Crippen LogP contribution in [0, 0.1) is 0 Å². The highest BCUT2D eigenvalue weighted by Crippen LogP contribution is 2.34. The normalized spacial score (nSPS) is 12.7. The number of pyridine rings is 1. The Balaban J connectivity index is 3.30. The van der Waals surface area contributed by atoms with Crippen LogP contribution in [0.2, 0.25) is 10.0 Å². The van der Waals surface area contributed by atoms with Crippen LogP contribution < -0.4 is 10.5 Å². The Labute approximate surface area is 86.8 Å². The van der Waals surface area contributed by atoms with E-state index in [0.29, 0.717) is 21.5 Å². The Bertz CT molecular complexity index is 315. The first-order valence-corrected chi connectivity index (χ1v) is 4.47. The highest BCUT2D eigenvalue weighted by molar-refractivity contribution is 6.36. The van der Waals surface area contributed by atoms with Gasteiger partial charge in [-0.1, -0.05) is 23.2 Å². The third kappa shape index (κ3) is 2.05. The Hall–Kier alpha value is -0.510. The predicted octanol–water partition coefficient (Wildman–Crippen LogP) is 2.42. The van der Waals surface area contributed by atoms with Crippen molar-refractivity contribution >= 4 is 23.2 Å². The molecule has 1 aromatic rings. The molecule has 13 heavy (non-hydrogen) atoms. The van der Waals surface area contributed by atoms with Crippen LogP contribution in [0.4, 0.5) is 0 Å². The Morgan fingerprint density at radius 2 is 2.15 bits per heavy atom. The SMILES string of the molecule is COc1ncc(Cl)c([C@@H](C)N)c1Cl. The second-order valence-electron chi connectivity index (χ2n) is 2.63. The molecule has 0 fully saturated rings. The van der Waals surface area contributed by atoms with Gasteiger partial charge in [-0.3, -0.25) is 0 Å². The molecule has 0 radical (unpaired) electrons. The highest BCUT2D eigenvalue weighted by Gasteiger charge is 2.15. The van der Waals surface area contributed by atoms with Gasteiger partial charge in [-0.2, -0.15) is 0 Å². The molecular weight excluding hydrogens is 211 g/mol. The number of hydrogen-bond donors (Lipinski definition) is 1. The van der Waals surface area contributed by atoms with E-state index in [2.05, 4.69) is 4.98 Å². The summed E-state index contributed by atoms with van der Waals surface area (Å²) >= 11 is 11.8. The second-order valence-corrected chi connectivity index (χ2v) is 3.42. The van der Waals surface area contributed by atoms with Gasteiger partial charge in [0.25, 0.3) is 0 Å². The summed E-state index contributed by atoms with van der Waals surface area (Å²) in [5.41, 5.74) is 6.35. The molecule has 0 bridgehead atoms. The lowest BCUT2D eigenvalue weighted by Crippen LogP contribution is -2.07. The van der Waals surface area contributed by atoms with Crippen molar-refractivity contribution in [3.05, 3.63) is 21.8 Å². The van der Waals surface area contributed by atoms with Gasteiger partial charge in [0.15, 0.2) is 0 Å². The molecular formula is C8H10Cl2N2O. The maximum atomic E-state index is 5.96. The van der Waals surface area contributed by atoms with E-state index >= 15 is 0 Å². The Kier molecular flexibility index (Phi) is 3.36. The smallest absolute Gasteiger partial charge is 0.232 e. The van der Waals surface area contributed by atoms with Crippen molar-refractivity contribution in [1.29, 1.82) is 0 Å². The van der Waals surface area contributed by atoms with Crippen LogP contribution in [0.25, 0.3) is 0 Å². The molecule has 0 aliphatic heterocycles. The van der Waals surface area contributed by atoms with Crippen molar-refractivity contribution in [3.8, 4) is 5.88 Å². The number of nitrogens with two attached hydrogens (primary N) is 1. The monoisotopic (exact) mass is 220 g/mol. The van der Waals surface area contributed by atoms with Gasteiger partial charge in [0.2, 0.25) is 5.88 Å². The zero-order chi connectivity index (χ0) is 10.0. The standard InChI is InChI=1S/C8H10Cl2N2O/c1-4(11)6-5(9)3-12-8(13-2)7(6)10/h3-4H,11H2,1-2H3/t4-/m1/s1. The van der Waals surface area contributed by atoms with E-state index in [1.165, 1.54) is 13.3 Å². The number of hydrogen-bond acceptors (Lipinski definition) is 3. The van der Waals surface area contributed by atoms with Crippen molar-refractivity contribution in [2.24, 2.45) is 5.73 Å². The van der Waals surface area contributed by atoms with E-state index in [4.69, 9.17) is 33.7 Å². The lowest BCUT2D eigenvalue weighted by molar-refractivity contribution is 0.397. The van der Waals surface area contributed by atoms with E-state index in [9.17, 15) is 0 Å². The van der Waals surface area contributed by atoms with E-state index in [1.54, 1.807) is 6.92 Å². The molecule has 3 nitrogen and oxygen atoms in total. The Morgan fingerprint density at radius 3 is 2.62 bits per heavy atom. The van der Waals surface area contributed by atoms with Crippen LogP contribution in [0.5, 0.6) is 5.88 Å². The molecule has 0 amide bonds. The number of halogens is 2. The van der Waals surface area contributed by atoms with E-state index in [1.807, 2.05) is 0 Å². The summed E-state index contributed by atoms with van der Waals surface area (Å²) < 4.78 is 4.93. The van der Waals surface area contributed by atoms with Crippen LogP contribution in [-0.4, -0.2) is 12.1 Å². The van der Waals surface area contributed by atoms with Crippen molar-refractivity contribution in [1.82, 2.24) is 4.98 Å². The molecule has 72 valence electrons. The molecule has 0 aliphatic rings. The first-order valence-electron chi connectivity index (χ1n) is 3.71. The van der Waals surface area contributed by atoms with E-state index in [-0.39, 0.29) is 6.04 Å². The maximum absolute atomic E-state index is 5.96. The summed E-state index contributed by atoms with van der Waals surface area (Å²) in [5.74, 6) is 0.346. The molecule has 5 heteroatoms. The molecule has 1 rings (SSSR count). The van der Waals surface area contributed by atoms with Gasteiger partial charge in [-0.25, -0.2) is 4.98 Å². The number of methoxy groups -OCH3 is 1. The minimum absolute atomic E-state index is 0.239. The lowest BCUT2D eigenvalue weighted by Gasteiger charge is -2.12. The number of aromatic nitrogens is 1. The molecule has 0 aliphatic carbocycles. The summed E-state index contributed by atoms with van der Waals surface area (Å²) in [6.45, 7) is 1.80. The fourth-order valence-corrected chi connectivity index (χ4v) is 1.78. The van der Waals surface area contributed by atoms with Crippen molar-refractivity contribution in [2.75, 3.05) is 7.11 Å². The number of ether oxygens (including phenoxy) is 1. The molecule has 2 N–H and O–H groups in total. The average Bonchev–Trinajstić information content (AvgIpc) is 2.04. The maximum Gasteiger partial charge on any atom is 0.232 e. The average molecular weight is 221 g/mol. The first-order chi connectivity index (χ1) is 6.07. The number of nitrogens with zero attached hydrogens (tertiary/aromatic N) is 1. The van der Waals surface area contributed by atoms with Gasteiger partial charge in [-0.15, -0.1) is 0 Å². The summed E-state index contributed by atoms with van der Waals surface area (Å²) in [6.07, 6.45) is 1.48. The van der Waals surface area contributed by atoms with Gasteiger partial charge < -0.3 is 10.5 Å². The van der Waals surface area contributed by atoms with Gasteiger partial charge in [-0.05, 0) is 6.92 Å². The van der Waals surface area contributed by atoms with Crippen LogP contribution >= 0.6 is 23.2 Å². The summed E-state index contributed by atoms with van der Waals surface area (Å²) in [7, 11) is 1.49. The fraction of sp³-hybridized carbons (Fsp3) is 0.375. The van der Waals surface area contributed by atoms with E-state index in [0.717, 1.165) is 0 Å². The third-order valence-corrected chi connectivity index (χ3v) is 2.29. The van der Waals surface area contributed by atoms with Crippen molar-refractivity contribution in [3.63, 3.8) is 0 Å². The van der Waals surface area contributed by atoms with Gasteiger partial charge in [0.05, 0.1) is 12.1 Å². The predicted molar refractivity (Wildman–Crippen MR) is 53.4 cm³/mol. The molecule has 1 aromatic heterocycles. The first kappa shape index (κ1) is 10.6. The van der Waals surface area contributed by atoms with E-state index < -0.39 is 0 Å². The van der Waals surface area contributed by atoms with Crippen LogP contribution in [0.1, 0.15) is 18.5 Å². The minimum Gasteiger partial charge on any atom is -0.480 e. The molecule has 0 saturated heterocycles. The molecule has 1 atom stereocenters. The third-order valence-electron chi connectivity index (χ3n) is 1.63. The molecule has 1 heterocycles. The molecule has 0 spiro atoms. The van der Waals surface area contributed by atoms with Crippen molar-refractivity contribution in [2.45, 2.75) is 13.0 Å². The van der Waals surface area contributed by atoms with Crippen LogP contribution in [0.3, 0.4) is 0 Å². The number of rotatable bonds is 2. The largest absolute Gasteiger partial charge is 0.480 e. The van der Waals surface area contributed by atoms with Crippen LogP contribution in [0.15, 0.2) is 6.20 Å². The summed E-state index contributed by atoms with van der Waals surface area (Å²) in [4.78, 5) is 3.90. The van der Waals surface area contributed by atoms with Gasteiger partial charge in [0.1, 0.15) is 5.02 Å². The highest BCUT2D eigenvalue weighted by atomic mass is 35.5. The summed E-state index contributed by atoms with van der Waals surface area (Å²) in [6, 6.07) is -0.239. The van der Waals surface area contributed by atoms with Gasteiger partial charge in [0, 0.05) is 17.8 Å². The zero-order valence-electron chi connectivity index (χ0n) is 7.34. The van der Waals surface area contributed by atoms with Gasteiger partial charge >= 0.3 is 0 Å². The molecule has 0 unspecified atom stereocenters.